The zero-order valence-corrected chi connectivity index (χ0v) is 38.8. The SMILES string of the molecule is CCCCCCCCC/C=C/C(O)C(CO)NC(=O)CCCCCCCCC/C=C\CCCCCCCCCCOC(=O)CCCCCCCCCCCCCCC. The minimum Gasteiger partial charge on any atom is -0.466 e. The number of carbonyl (C=O) groups is 2. The normalized spacial score (nSPS) is 12.8. The molecule has 6 nitrogen and oxygen atoms in total. The van der Waals surface area contributed by atoms with Gasteiger partial charge in [-0.15, -0.1) is 0 Å². The zero-order chi connectivity index (χ0) is 42.3. The molecule has 58 heavy (non-hydrogen) atoms. The molecule has 0 aromatic carbocycles. The van der Waals surface area contributed by atoms with Crippen molar-refractivity contribution in [2.24, 2.45) is 0 Å². The third-order valence-electron chi connectivity index (χ3n) is 11.7. The Balaban J connectivity index is 3.43. The maximum Gasteiger partial charge on any atom is 0.305 e. The second-order valence-corrected chi connectivity index (χ2v) is 17.5. The number of aliphatic hydroxyl groups excluding tert-OH is 2. The van der Waals surface area contributed by atoms with Crippen molar-refractivity contribution in [1.29, 1.82) is 0 Å². The van der Waals surface area contributed by atoms with Gasteiger partial charge in [0.1, 0.15) is 0 Å². The number of rotatable bonds is 47. The molecule has 2 unspecified atom stereocenters. The molecule has 0 aliphatic carbocycles. The summed E-state index contributed by atoms with van der Waals surface area (Å²) >= 11 is 0. The van der Waals surface area contributed by atoms with Gasteiger partial charge in [0.2, 0.25) is 5.91 Å². The van der Waals surface area contributed by atoms with Crippen molar-refractivity contribution in [3.05, 3.63) is 24.3 Å². The predicted octanol–water partition coefficient (Wildman–Crippen LogP) is 15.1. The Labute approximate surface area is 361 Å². The van der Waals surface area contributed by atoms with Crippen LogP contribution in [0.3, 0.4) is 0 Å². The van der Waals surface area contributed by atoms with Gasteiger partial charge in [0.15, 0.2) is 0 Å². The number of ether oxygens (including phenoxy) is 1. The minimum atomic E-state index is -0.847. The average Bonchev–Trinajstić information content (AvgIpc) is 3.22. The Bertz CT molecular complexity index is 904. The number of aliphatic hydroxyl groups is 2. The number of allylic oxidation sites excluding steroid dienone is 3. The predicted molar refractivity (Wildman–Crippen MR) is 250 cm³/mol. The molecule has 1 amide bonds. The molecule has 0 spiro atoms. The van der Waals surface area contributed by atoms with Gasteiger partial charge in [0, 0.05) is 12.8 Å². The lowest BCUT2D eigenvalue weighted by molar-refractivity contribution is -0.143. The minimum absolute atomic E-state index is 0.00407. The summed E-state index contributed by atoms with van der Waals surface area (Å²) in [5.41, 5.74) is 0. The number of amides is 1. The molecule has 3 N–H and O–H groups in total. The molecule has 0 saturated carbocycles. The van der Waals surface area contributed by atoms with Crippen molar-refractivity contribution in [1.82, 2.24) is 5.32 Å². The van der Waals surface area contributed by atoms with E-state index in [1.165, 1.54) is 193 Å². The molecule has 342 valence electrons. The second-order valence-electron chi connectivity index (χ2n) is 17.5. The van der Waals surface area contributed by atoms with Gasteiger partial charge in [-0.1, -0.05) is 224 Å². The summed E-state index contributed by atoms with van der Waals surface area (Å²) < 4.78 is 5.46. The molecule has 0 rings (SSSR count). The molecule has 2 atom stereocenters. The van der Waals surface area contributed by atoms with Crippen molar-refractivity contribution < 1.29 is 24.5 Å². The number of hydrogen-bond acceptors (Lipinski definition) is 5. The van der Waals surface area contributed by atoms with Gasteiger partial charge in [-0.05, 0) is 57.8 Å². The Hall–Kier alpha value is -1.66. The molecular formula is C52H99NO5. The first-order chi connectivity index (χ1) is 28.5. The van der Waals surface area contributed by atoms with Gasteiger partial charge < -0.3 is 20.3 Å². The fraction of sp³-hybridized carbons (Fsp3) is 0.885. The maximum absolute atomic E-state index is 12.4. The second kappa shape index (κ2) is 48.0. The fourth-order valence-electron chi connectivity index (χ4n) is 7.74. The molecular weight excluding hydrogens is 719 g/mol. The highest BCUT2D eigenvalue weighted by Gasteiger charge is 2.18. The largest absolute Gasteiger partial charge is 0.466 e. The molecule has 0 fully saturated rings. The molecule has 0 aromatic heterocycles. The average molecular weight is 818 g/mol. The Morgan fingerprint density at radius 3 is 1.22 bits per heavy atom. The summed E-state index contributed by atoms with van der Waals surface area (Å²) in [5, 5.41) is 22.9. The standard InChI is InChI=1S/C52H99NO5/c1-3-5-7-9-11-13-14-22-26-30-34-38-42-46-52(57)58-47-43-39-35-31-27-24-21-19-17-15-16-18-20-23-25-29-33-37-41-45-51(56)53-49(48-54)50(55)44-40-36-32-28-12-10-8-6-4-2/h15-16,40,44,49-50,54-55H,3-14,17-39,41-43,45-48H2,1-2H3,(H,53,56)/b16-15-,44-40+. The molecule has 0 bridgehead atoms. The third kappa shape index (κ3) is 43.9. The van der Waals surface area contributed by atoms with E-state index >= 15 is 0 Å². The van der Waals surface area contributed by atoms with Crippen LogP contribution in [-0.2, 0) is 14.3 Å². The van der Waals surface area contributed by atoms with E-state index in [4.69, 9.17) is 4.74 Å². The van der Waals surface area contributed by atoms with Crippen LogP contribution >= 0.6 is 0 Å². The van der Waals surface area contributed by atoms with Gasteiger partial charge in [0.05, 0.1) is 25.4 Å². The van der Waals surface area contributed by atoms with Crippen LogP contribution in [-0.4, -0.2) is 47.4 Å². The summed E-state index contributed by atoms with van der Waals surface area (Å²) in [6.45, 7) is 4.86. The third-order valence-corrected chi connectivity index (χ3v) is 11.7. The first kappa shape index (κ1) is 56.3. The van der Waals surface area contributed by atoms with E-state index in [1.807, 2.05) is 6.08 Å². The van der Waals surface area contributed by atoms with E-state index in [-0.39, 0.29) is 18.5 Å². The van der Waals surface area contributed by atoms with Gasteiger partial charge in [-0.2, -0.15) is 0 Å². The topological polar surface area (TPSA) is 95.9 Å². The quantitative estimate of drug-likeness (QED) is 0.0323. The van der Waals surface area contributed by atoms with Crippen molar-refractivity contribution in [2.45, 2.75) is 283 Å². The highest BCUT2D eigenvalue weighted by Crippen LogP contribution is 2.15. The van der Waals surface area contributed by atoms with Gasteiger partial charge >= 0.3 is 5.97 Å². The summed E-state index contributed by atoms with van der Waals surface area (Å²) in [6, 6.07) is -0.632. The van der Waals surface area contributed by atoms with Crippen molar-refractivity contribution >= 4 is 11.9 Å². The van der Waals surface area contributed by atoms with E-state index in [1.54, 1.807) is 6.08 Å². The van der Waals surface area contributed by atoms with Gasteiger partial charge in [-0.25, -0.2) is 0 Å². The molecule has 0 aliphatic heterocycles. The smallest absolute Gasteiger partial charge is 0.305 e. The summed E-state index contributed by atoms with van der Waals surface area (Å²) in [5.74, 6) is -0.0765. The van der Waals surface area contributed by atoms with Crippen LogP contribution in [0.2, 0.25) is 0 Å². The van der Waals surface area contributed by atoms with Crippen LogP contribution in [0.25, 0.3) is 0 Å². The maximum atomic E-state index is 12.4. The first-order valence-electron chi connectivity index (χ1n) is 25.6. The van der Waals surface area contributed by atoms with Crippen LogP contribution < -0.4 is 5.32 Å². The van der Waals surface area contributed by atoms with E-state index in [2.05, 4.69) is 31.3 Å². The van der Waals surface area contributed by atoms with Crippen LogP contribution in [0.5, 0.6) is 0 Å². The van der Waals surface area contributed by atoms with Crippen molar-refractivity contribution in [3.8, 4) is 0 Å². The Kier molecular flexibility index (Phi) is 46.6. The monoisotopic (exact) mass is 818 g/mol. The molecule has 0 aromatic rings. The molecule has 0 aliphatic rings. The summed E-state index contributed by atoms with van der Waals surface area (Å²) in [4.78, 5) is 24.4. The number of hydrogen-bond donors (Lipinski definition) is 3. The number of unbranched alkanes of at least 4 members (excludes halogenated alkanes) is 34. The Morgan fingerprint density at radius 2 is 0.810 bits per heavy atom. The van der Waals surface area contributed by atoms with Crippen LogP contribution in [0.15, 0.2) is 24.3 Å². The van der Waals surface area contributed by atoms with Gasteiger partial charge in [0.25, 0.3) is 0 Å². The highest BCUT2D eigenvalue weighted by molar-refractivity contribution is 5.76. The van der Waals surface area contributed by atoms with Crippen LogP contribution in [0, 0.1) is 0 Å². The van der Waals surface area contributed by atoms with E-state index in [9.17, 15) is 19.8 Å². The number of esters is 1. The lowest BCUT2D eigenvalue weighted by atomic mass is 10.0. The lowest BCUT2D eigenvalue weighted by Gasteiger charge is -2.20. The van der Waals surface area contributed by atoms with Crippen LogP contribution in [0.1, 0.15) is 271 Å². The first-order valence-corrected chi connectivity index (χ1v) is 25.6. The fourth-order valence-corrected chi connectivity index (χ4v) is 7.74. The zero-order valence-electron chi connectivity index (χ0n) is 38.8. The Morgan fingerprint density at radius 1 is 0.466 bits per heavy atom. The number of nitrogens with one attached hydrogen (secondary N) is 1. The van der Waals surface area contributed by atoms with E-state index in [0.717, 1.165) is 51.4 Å². The molecule has 6 heteroatoms. The van der Waals surface area contributed by atoms with Crippen molar-refractivity contribution in [2.75, 3.05) is 13.2 Å². The van der Waals surface area contributed by atoms with Crippen molar-refractivity contribution in [3.63, 3.8) is 0 Å². The molecule has 0 saturated heterocycles. The molecule has 0 heterocycles. The number of carbonyl (C=O) groups excluding carboxylic acids is 2. The summed E-state index contributed by atoms with van der Waals surface area (Å²) in [7, 11) is 0. The van der Waals surface area contributed by atoms with Gasteiger partial charge in [-0.3, -0.25) is 9.59 Å². The van der Waals surface area contributed by atoms with E-state index < -0.39 is 12.1 Å². The lowest BCUT2D eigenvalue weighted by Crippen LogP contribution is -2.45. The van der Waals surface area contributed by atoms with E-state index in [0.29, 0.717) is 19.4 Å². The molecule has 0 radical (unpaired) electrons. The van der Waals surface area contributed by atoms with Crippen LogP contribution in [0.4, 0.5) is 0 Å². The summed E-state index contributed by atoms with van der Waals surface area (Å²) in [6.07, 6.45) is 56.2. The highest BCUT2D eigenvalue weighted by atomic mass is 16.5.